The molecule has 2 fully saturated rings. The summed E-state index contributed by atoms with van der Waals surface area (Å²) >= 11 is 0. The highest BCUT2D eigenvalue weighted by Gasteiger charge is 2.31. The number of nitrogens with one attached hydrogen (secondary N) is 2. The van der Waals surface area contributed by atoms with Crippen molar-refractivity contribution >= 4 is 17.5 Å². The maximum atomic E-state index is 13.8. The Bertz CT molecular complexity index is 2100. The van der Waals surface area contributed by atoms with Gasteiger partial charge in [0.05, 0.1) is 36.3 Å². The zero-order chi connectivity index (χ0) is 37.9. The van der Waals surface area contributed by atoms with Gasteiger partial charge in [-0.2, -0.15) is 5.10 Å². The summed E-state index contributed by atoms with van der Waals surface area (Å²) in [7, 11) is 2.14. The van der Waals surface area contributed by atoms with Crippen LogP contribution >= 0.6 is 0 Å². The van der Waals surface area contributed by atoms with E-state index in [1.807, 2.05) is 60.8 Å². The van der Waals surface area contributed by atoms with E-state index in [0.717, 1.165) is 91.4 Å². The van der Waals surface area contributed by atoms with Crippen LogP contribution < -0.4 is 20.1 Å². The Morgan fingerprint density at radius 3 is 2.58 bits per heavy atom. The van der Waals surface area contributed by atoms with Crippen LogP contribution in [0.25, 0.3) is 11.3 Å². The van der Waals surface area contributed by atoms with Crippen LogP contribution in [0.2, 0.25) is 0 Å². The second kappa shape index (κ2) is 16.0. The number of rotatable bonds is 11. The molecule has 2 aromatic carbocycles. The third-order valence-electron chi connectivity index (χ3n) is 10.8. The molecule has 2 saturated heterocycles. The van der Waals surface area contributed by atoms with Crippen LogP contribution in [-0.2, 0) is 14.9 Å². The smallest absolute Gasteiger partial charge is 0.320 e. The molecule has 3 aromatic heterocycles. The number of hydrogen-bond donors (Lipinski definition) is 2. The van der Waals surface area contributed by atoms with Gasteiger partial charge in [-0.15, -0.1) is 10.2 Å². The van der Waals surface area contributed by atoms with Crippen molar-refractivity contribution in [2.75, 3.05) is 38.7 Å². The highest BCUT2D eigenvalue weighted by molar-refractivity contribution is 5.89. The Morgan fingerprint density at radius 1 is 0.909 bits per heavy atom. The molecular weight excluding hydrogens is 697 g/mol. The summed E-state index contributed by atoms with van der Waals surface area (Å²) in [6.07, 6.45) is 8.47. The van der Waals surface area contributed by atoms with Crippen LogP contribution in [-0.4, -0.2) is 75.0 Å². The lowest BCUT2D eigenvalue weighted by Gasteiger charge is -2.32. The largest absolute Gasteiger partial charge is 0.491 e. The molecular formula is C42H52N8O5. The van der Waals surface area contributed by atoms with Gasteiger partial charge in [-0.25, -0.2) is 9.48 Å². The van der Waals surface area contributed by atoms with E-state index >= 15 is 0 Å². The van der Waals surface area contributed by atoms with Crippen molar-refractivity contribution in [1.29, 1.82) is 0 Å². The number of carbonyl (C=O) groups is 1. The molecule has 0 bridgehead atoms. The zero-order valence-electron chi connectivity index (χ0n) is 32.2. The zero-order valence-corrected chi connectivity index (χ0v) is 32.2. The van der Waals surface area contributed by atoms with E-state index in [9.17, 15) is 4.79 Å². The molecule has 1 aliphatic carbocycles. The lowest BCUT2D eigenvalue weighted by molar-refractivity contribution is -0.165. The van der Waals surface area contributed by atoms with Crippen molar-refractivity contribution in [2.24, 2.45) is 0 Å². The minimum atomic E-state index is -0.308. The van der Waals surface area contributed by atoms with Gasteiger partial charge in [-0.1, -0.05) is 51.1 Å². The number of amides is 2. The maximum Gasteiger partial charge on any atom is 0.320 e. The summed E-state index contributed by atoms with van der Waals surface area (Å²) in [5, 5.41) is 20.3. The number of anilines is 1. The van der Waals surface area contributed by atoms with Crippen LogP contribution in [0.3, 0.4) is 0 Å². The number of urea groups is 1. The predicted octanol–water partition coefficient (Wildman–Crippen LogP) is 7.68. The van der Waals surface area contributed by atoms with E-state index < -0.39 is 0 Å². The number of nitrogens with zero attached hydrogens (tertiary/aromatic N) is 6. The van der Waals surface area contributed by atoms with Crippen molar-refractivity contribution in [3.63, 3.8) is 0 Å². The first-order chi connectivity index (χ1) is 26.7. The monoisotopic (exact) mass is 748 g/mol. The van der Waals surface area contributed by atoms with Gasteiger partial charge in [0, 0.05) is 24.2 Å². The topological polar surface area (TPSA) is 129 Å². The molecule has 5 heterocycles. The van der Waals surface area contributed by atoms with Gasteiger partial charge in [0.1, 0.15) is 30.0 Å². The average molecular weight is 749 g/mol. The molecule has 13 heteroatoms. The molecule has 290 valence electrons. The third-order valence-corrected chi connectivity index (χ3v) is 10.8. The summed E-state index contributed by atoms with van der Waals surface area (Å²) in [4.78, 5) is 16.1. The van der Waals surface area contributed by atoms with E-state index in [4.69, 9.17) is 24.0 Å². The fraction of sp³-hybridized carbons (Fsp3) is 0.476. The van der Waals surface area contributed by atoms with E-state index in [-0.39, 0.29) is 35.9 Å². The van der Waals surface area contributed by atoms with E-state index in [1.165, 1.54) is 0 Å². The molecule has 55 heavy (non-hydrogen) atoms. The lowest BCUT2D eigenvalue weighted by Crippen LogP contribution is -2.36. The number of carbonyl (C=O) groups excluding carboxylic acids is 1. The molecule has 2 amide bonds. The first-order valence-electron chi connectivity index (χ1n) is 19.6. The molecule has 0 radical (unpaired) electrons. The first kappa shape index (κ1) is 37.0. The van der Waals surface area contributed by atoms with Crippen LogP contribution in [0.5, 0.6) is 11.5 Å². The second-order valence-corrected chi connectivity index (χ2v) is 15.8. The van der Waals surface area contributed by atoms with Crippen molar-refractivity contribution < 1.29 is 23.7 Å². The normalized spacial score (nSPS) is 21.7. The Labute approximate surface area is 322 Å². The van der Waals surface area contributed by atoms with Gasteiger partial charge in [-0.05, 0) is 93.9 Å². The van der Waals surface area contributed by atoms with E-state index in [2.05, 4.69) is 70.1 Å². The molecule has 2 N–H and O–H groups in total. The molecule has 2 unspecified atom stereocenters. The van der Waals surface area contributed by atoms with Crippen LogP contribution in [0, 0.1) is 0 Å². The lowest BCUT2D eigenvalue weighted by atomic mass is 9.85. The number of ether oxygens (including phenoxy) is 4. The Kier molecular flexibility index (Phi) is 10.8. The van der Waals surface area contributed by atoms with Crippen LogP contribution in [0.1, 0.15) is 107 Å². The number of benzene rings is 2. The Hall–Kier alpha value is -4.98. The summed E-state index contributed by atoms with van der Waals surface area (Å²) in [5.41, 5.74) is 4.30. The van der Waals surface area contributed by atoms with E-state index in [1.54, 1.807) is 4.68 Å². The fourth-order valence-electron chi connectivity index (χ4n) is 7.84. The van der Waals surface area contributed by atoms with Gasteiger partial charge in [-0.3, -0.25) is 14.6 Å². The number of pyridine rings is 1. The van der Waals surface area contributed by atoms with Crippen molar-refractivity contribution in [2.45, 2.75) is 95.6 Å². The number of hydrogen-bond acceptors (Lipinski definition) is 9. The molecule has 8 rings (SSSR count). The standard InChI is InChI=1S/C42H52N8O5/c1-42(2,3)36-26-38(50(47-36)28-11-9-12-29(25-28)52-23-24-54-39-16-7-8-22-53-39)44-41(51)43-33-18-19-35(32-14-6-5-13-31(32)33)55-30-17-20-37-45-46-40(49(37)27-30)34-15-10-21-48(34)4/h5-6,9,11-14,17,20,25-27,33-35,39H,7-8,10,15-16,18-19,21-24H2,1-4H3,(H2,43,44,51)/t33-,34?,35+,39?/m0/s1. The van der Waals surface area contributed by atoms with Gasteiger partial charge in [0.15, 0.2) is 17.8 Å². The fourth-order valence-corrected chi connectivity index (χ4v) is 7.84. The predicted molar refractivity (Wildman–Crippen MR) is 209 cm³/mol. The number of fused-ring (bicyclic) bond motifs is 2. The minimum absolute atomic E-state index is 0.153. The third kappa shape index (κ3) is 8.34. The number of likely N-dealkylation sites (tertiary alicyclic amines) is 1. The van der Waals surface area contributed by atoms with Gasteiger partial charge in [0.2, 0.25) is 0 Å². The summed E-state index contributed by atoms with van der Waals surface area (Å²) in [6, 6.07) is 21.5. The molecule has 4 atom stereocenters. The molecule has 5 aromatic rings. The van der Waals surface area contributed by atoms with Crippen LogP contribution in [0.4, 0.5) is 10.6 Å². The molecule has 13 nitrogen and oxygen atoms in total. The average Bonchev–Trinajstić information content (AvgIpc) is 3.93. The molecule has 0 saturated carbocycles. The molecule has 3 aliphatic rings. The van der Waals surface area contributed by atoms with Crippen molar-refractivity contribution in [3.05, 3.63) is 95.6 Å². The molecule has 2 aliphatic heterocycles. The highest BCUT2D eigenvalue weighted by Crippen LogP contribution is 2.39. The molecule has 0 spiro atoms. The van der Waals surface area contributed by atoms with Crippen LogP contribution in [0.15, 0.2) is 72.9 Å². The summed E-state index contributed by atoms with van der Waals surface area (Å²) < 4.78 is 28.0. The maximum absolute atomic E-state index is 13.8. The summed E-state index contributed by atoms with van der Waals surface area (Å²) in [6.45, 7) is 8.95. The second-order valence-electron chi connectivity index (χ2n) is 15.8. The van der Waals surface area contributed by atoms with Crippen molar-refractivity contribution in [3.8, 4) is 17.2 Å². The quantitative estimate of drug-likeness (QED) is 0.131. The minimum Gasteiger partial charge on any atom is -0.491 e. The van der Waals surface area contributed by atoms with Gasteiger partial charge >= 0.3 is 6.03 Å². The first-order valence-corrected chi connectivity index (χ1v) is 19.6. The number of aromatic nitrogens is 5. The van der Waals surface area contributed by atoms with Gasteiger partial charge in [0.25, 0.3) is 0 Å². The van der Waals surface area contributed by atoms with E-state index in [0.29, 0.717) is 31.2 Å². The van der Waals surface area contributed by atoms with Gasteiger partial charge < -0.3 is 24.3 Å². The summed E-state index contributed by atoms with van der Waals surface area (Å²) in [5.74, 6) is 2.96. The SMILES string of the molecule is CN1CCCC1c1nnc2ccc(O[C@@H]3CC[C@H](NC(=O)Nc4cc(C(C)(C)C)nn4-c4cccc(OCCOC5CCCCO5)c4)c4ccccc43)cn12. The Morgan fingerprint density at radius 2 is 1.78 bits per heavy atom. The highest BCUT2D eigenvalue weighted by atomic mass is 16.7. The Balaban J connectivity index is 0.948. The van der Waals surface area contributed by atoms with Crippen molar-refractivity contribution in [1.82, 2.24) is 34.6 Å².